The lowest BCUT2D eigenvalue weighted by atomic mass is 10.1. The summed E-state index contributed by atoms with van der Waals surface area (Å²) in [4.78, 5) is 34.4. The van der Waals surface area contributed by atoms with Crippen molar-refractivity contribution in [3.63, 3.8) is 0 Å². The van der Waals surface area contributed by atoms with Crippen LogP contribution in [0.1, 0.15) is 35.7 Å². The lowest BCUT2D eigenvalue weighted by Gasteiger charge is -2.19. The fourth-order valence-corrected chi connectivity index (χ4v) is 4.26. The highest BCUT2D eigenvalue weighted by molar-refractivity contribution is 5.98. The van der Waals surface area contributed by atoms with Gasteiger partial charge in [-0.25, -0.2) is 23.7 Å². The van der Waals surface area contributed by atoms with Gasteiger partial charge in [0.1, 0.15) is 29.2 Å². The van der Waals surface area contributed by atoms with Gasteiger partial charge in [-0.15, -0.1) is 0 Å². The van der Waals surface area contributed by atoms with E-state index in [-0.39, 0.29) is 41.6 Å². The van der Waals surface area contributed by atoms with E-state index >= 15 is 0 Å². The Hall–Kier alpha value is -4.17. The second-order valence-electron chi connectivity index (χ2n) is 9.45. The van der Waals surface area contributed by atoms with Gasteiger partial charge in [-0.05, 0) is 31.9 Å². The number of amides is 2. The van der Waals surface area contributed by atoms with Crippen LogP contribution in [0.25, 0.3) is 16.8 Å². The van der Waals surface area contributed by atoms with Crippen LogP contribution in [0.5, 0.6) is 5.88 Å². The second-order valence-corrected chi connectivity index (χ2v) is 9.45. The van der Waals surface area contributed by atoms with E-state index < -0.39 is 47.1 Å². The average molecular weight is 537 g/mol. The average Bonchev–Trinajstić information content (AvgIpc) is 3.27. The Morgan fingerprint density at radius 1 is 1.21 bits per heavy atom. The highest BCUT2D eigenvalue weighted by Gasteiger charge is 2.45. The van der Waals surface area contributed by atoms with Gasteiger partial charge in [0, 0.05) is 18.3 Å². The molecule has 0 radical (unpaired) electrons. The van der Waals surface area contributed by atoms with Crippen molar-refractivity contribution in [1.82, 2.24) is 29.8 Å². The molecular weight excluding hydrogens is 514 g/mol. The molecule has 0 spiro atoms. The quantitative estimate of drug-likeness (QED) is 0.474. The number of carbonyl (C=O) groups is 2. The van der Waals surface area contributed by atoms with E-state index in [2.05, 4.69) is 20.4 Å². The zero-order chi connectivity index (χ0) is 27.4. The molecule has 0 aromatic carbocycles. The van der Waals surface area contributed by atoms with Gasteiger partial charge in [0.2, 0.25) is 5.88 Å². The molecule has 2 amide bonds. The molecule has 1 aliphatic carbocycles. The summed E-state index contributed by atoms with van der Waals surface area (Å²) >= 11 is 0. The fourth-order valence-electron chi connectivity index (χ4n) is 4.26. The standard InChI is InChI=1S/C23H23F4N7O4/c1-22(3-4-22)38-21(36)33-8-14(24)15(9-33)32-19(35)12-5-11(7-29-20(12)37-2)16-6-13(23(25,26)27)17-18(28)30-10-31-34(16)17/h5-7,10,14-15H,3-4,8-9H2,1-2H3,(H,32,35)(H2,28,30,31)/t14-,15+/m0/s1. The van der Waals surface area contributed by atoms with Crippen LogP contribution in [0.2, 0.25) is 0 Å². The number of likely N-dealkylation sites (tertiary alicyclic amines) is 1. The van der Waals surface area contributed by atoms with Gasteiger partial charge in [-0.2, -0.15) is 18.3 Å². The van der Waals surface area contributed by atoms with Crippen LogP contribution >= 0.6 is 0 Å². The molecule has 5 rings (SSSR count). The number of hydrogen-bond donors (Lipinski definition) is 2. The predicted molar refractivity (Wildman–Crippen MR) is 124 cm³/mol. The molecule has 1 aliphatic heterocycles. The maximum Gasteiger partial charge on any atom is 0.418 e. The number of aromatic nitrogens is 4. The number of nitrogens with one attached hydrogen (secondary N) is 1. The van der Waals surface area contributed by atoms with Crippen molar-refractivity contribution in [3.05, 3.63) is 35.8 Å². The minimum atomic E-state index is -4.76. The van der Waals surface area contributed by atoms with Crippen LogP contribution in [0.4, 0.5) is 28.2 Å². The molecule has 202 valence electrons. The molecule has 2 atom stereocenters. The van der Waals surface area contributed by atoms with Crippen LogP contribution < -0.4 is 15.8 Å². The number of carbonyl (C=O) groups excluding carboxylic acids is 2. The maximum atomic E-state index is 14.7. The molecule has 1 saturated carbocycles. The number of hydrogen-bond acceptors (Lipinski definition) is 8. The number of methoxy groups -OCH3 is 1. The monoisotopic (exact) mass is 537 g/mol. The molecule has 3 aromatic heterocycles. The molecule has 2 fully saturated rings. The highest BCUT2D eigenvalue weighted by atomic mass is 19.4. The number of nitrogens with two attached hydrogens (primary N) is 1. The Morgan fingerprint density at radius 2 is 1.95 bits per heavy atom. The van der Waals surface area contributed by atoms with Crippen molar-refractivity contribution in [1.29, 1.82) is 0 Å². The summed E-state index contributed by atoms with van der Waals surface area (Å²) < 4.78 is 67.3. The van der Waals surface area contributed by atoms with Gasteiger partial charge in [0.25, 0.3) is 5.91 Å². The Balaban J connectivity index is 1.43. The summed E-state index contributed by atoms with van der Waals surface area (Å²) in [7, 11) is 1.25. The van der Waals surface area contributed by atoms with Gasteiger partial charge in [-0.1, -0.05) is 0 Å². The second kappa shape index (κ2) is 8.99. The van der Waals surface area contributed by atoms with E-state index in [0.717, 1.165) is 29.8 Å². The number of pyridine rings is 1. The minimum absolute atomic E-state index is 0.0580. The van der Waals surface area contributed by atoms with Crippen LogP contribution in [0.15, 0.2) is 24.7 Å². The third kappa shape index (κ3) is 4.63. The van der Waals surface area contributed by atoms with Gasteiger partial charge in [0.05, 0.1) is 31.0 Å². The minimum Gasteiger partial charge on any atom is -0.480 e. The van der Waals surface area contributed by atoms with Crippen molar-refractivity contribution in [2.24, 2.45) is 0 Å². The molecule has 15 heteroatoms. The van der Waals surface area contributed by atoms with Crippen molar-refractivity contribution >= 4 is 23.3 Å². The first-order valence-corrected chi connectivity index (χ1v) is 11.6. The summed E-state index contributed by atoms with van der Waals surface area (Å²) in [6, 6.07) is 1.03. The molecule has 3 N–H and O–H groups in total. The Morgan fingerprint density at radius 3 is 2.61 bits per heavy atom. The first-order chi connectivity index (χ1) is 17.9. The SMILES string of the molecule is COc1ncc(-c2cc(C(F)(F)F)c3c(N)ncnn23)cc1C(=O)N[C@@H]1CN(C(=O)OC2(C)CC2)C[C@@H]1F. The first-order valence-electron chi connectivity index (χ1n) is 11.6. The third-order valence-electron chi connectivity index (χ3n) is 6.58. The Labute approximate surface area is 212 Å². The summed E-state index contributed by atoms with van der Waals surface area (Å²) in [5.41, 5.74) is 3.52. The molecule has 0 bridgehead atoms. The van der Waals surface area contributed by atoms with Gasteiger partial charge in [-0.3, -0.25) is 4.79 Å². The Bertz CT molecular complexity index is 1420. The smallest absolute Gasteiger partial charge is 0.418 e. The third-order valence-corrected chi connectivity index (χ3v) is 6.58. The number of alkyl halides is 4. The molecule has 4 heterocycles. The largest absolute Gasteiger partial charge is 0.480 e. The molecule has 2 aliphatic rings. The molecule has 0 unspecified atom stereocenters. The fraction of sp³-hybridized carbons (Fsp3) is 0.435. The molecular formula is C23H23F4N7O4. The summed E-state index contributed by atoms with van der Waals surface area (Å²) in [5.74, 6) is -1.31. The number of nitrogen functional groups attached to an aromatic ring is 1. The number of rotatable bonds is 5. The Kier molecular flexibility index (Phi) is 6.03. The van der Waals surface area contributed by atoms with E-state index in [4.69, 9.17) is 15.2 Å². The number of ether oxygens (including phenoxy) is 2. The summed E-state index contributed by atoms with van der Waals surface area (Å²) in [6.07, 6.45) is -3.32. The maximum absolute atomic E-state index is 14.7. The van der Waals surface area contributed by atoms with Crippen LogP contribution in [0, 0.1) is 0 Å². The summed E-state index contributed by atoms with van der Waals surface area (Å²) in [5, 5.41) is 6.41. The first kappa shape index (κ1) is 25.5. The van der Waals surface area contributed by atoms with E-state index in [1.807, 2.05) is 0 Å². The van der Waals surface area contributed by atoms with Crippen LogP contribution in [-0.2, 0) is 10.9 Å². The molecule has 11 nitrogen and oxygen atoms in total. The number of nitrogens with zero attached hydrogens (tertiary/aromatic N) is 5. The summed E-state index contributed by atoms with van der Waals surface area (Å²) in [6.45, 7) is 1.41. The van der Waals surface area contributed by atoms with E-state index in [0.29, 0.717) is 0 Å². The van der Waals surface area contributed by atoms with Crippen LogP contribution in [0.3, 0.4) is 0 Å². The van der Waals surface area contributed by atoms with Gasteiger partial charge in [0.15, 0.2) is 5.82 Å². The van der Waals surface area contributed by atoms with Crippen LogP contribution in [-0.4, -0.2) is 74.5 Å². The lowest BCUT2D eigenvalue weighted by molar-refractivity contribution is -0.136. The van der Waals surface area contributed by atoms with Crippen molar-refractivity contribution in [3.8, 4) is 17.1 Å². The zero-order valence-electron chi connectivity index (χ0n) is 20.3. The molecule has 1 saturated heterocycles. The van der Waals surface area contributed by atoms with E-state index in [1.54, 1.807) is 6.92 Å². The van der Waals surface area contributed by atoms with Gasteiger partial charge >= 0.3 is 12.3 Å². The number of fused-ring (bicyclic) bond motifs is 1. The predicted octanol–water partition coefficient (Wildman–Crippen LogP) is 2.84. The highest BCUT2D eigenvalue weighted by Crippen LogP contribution is 2.40. The van der Waals surface area contributed by atoms with E-state index in [9.17, 15) is 27.2 Å². The normalized spacial score (nSPS) is 20.4. The molecule has 3 aromatic rings. The van der Waals surface area contributed by atoms with Crippen molar-refractivity contribution < 1.29 is 36.6 Å². The number of anilines is 1. The lowest BCUT2D eigenvalue weighted by Crippen LogP contribution is -2.42. The zero-order valence-corrected chi connectivity index (χ0v) is 20.3. The molecule has 38 heavy (non-hydrogen) atoms. The number of halogens is 4. The van der Waals surface area contributed by atoms with Gasteiger partial charge < -0.3 is 25.4 Å². The van der Waals surface area contributed by atoms with Crippen molar-refractivity contribution in [2.75, 3.05) is 25.9 Å². The topological polar surface area (TPSA) is 137 Å². The van der Waals surface area contributed by atoms with Crippen molar-refractivity contribution in [2.45, 2.75) is 43.8 Å². The van der Waals surface area contributed by atoms with E-state index in [1.165, 1.54) is 24.3 Å².